The number of rotatable bonds is 5. The molecular formula is C19H22F2N2O2. The predicted octanol–water partition coefficient (Wildman–Crippen LogP) is 2.62. The Morgan fingerprint density at radius 2 is 2.12 bits per heavy atom. The van der Waals surface area contributed by atoms with Gasteiger partial charge in [-0.25, -0.2) is 8.78 Å². The number of carbonyl (C=O) groups is 2. The first kappa shape index (κ1) is 18.9. The zero-order valence-corrected chi connectivity index (χ0v) is 14.3. The molecule has 0 saturated carbocycles. The Kier molecular flexibility index (Phi) is 6.93. The minimum atomic E-state index is -0.922. The van der Waals surface area contributed by atoms with Crippen molar-refractivity contribution >= 4 is 11.8 Å². The standard InChI is InChI=1S/C19H22F2N2O2/c1-2-4-19(25)23-10-3-5-14(13-23)7-9-18(24)22-12-15-6-8-16(20)17(21)11-15/h6,8,11,14H,3,5,7,9-10,12-13H2,1H3,(H,22,24). The maximum atomic E-state index is 13.1. The molecule has 2 amide bonds. The van der Waals surface area contributed by atoms with E-state index in [-0.39, 0.29) is 24.3 Å². The molecule has 1 aliphatic heterocycles. The maximum absolute atomic E-state index is 13.1. The fraction of sp³-hybridized carbons (Fsp3) is 0.474. The molecule has 1 aliphatic rings. The average Bonchev–Trinajstić information content (AvgIpc) is 2.61. The Balaban J connectivity index is 1.74. The molecule has 0 spiro atoms. The monoisotopic (exact) mass is 348 g/mol. The summed E-state index contributed by atoms with van der Waals surface area (Å²) in [6.07, 6.45) is 2.93. The zero-order chi connectivity index (χ0) is 18.2. The van der Waals surface area contributed by atoms with Gasteiger partial charge in [-0.05, 0) is 55.7 Å². The van der Waals surface area contributed by atoms with Gasteiger partial charge in [-0.3, -0.25) is 9.59 Å². The van der Waals surface area contributed by atoms with Crippen molar-refractivity contribution in [3.8, 4) is 11.8 Å². The smallest absolute Gasteiger partial charge is 0.298 e. The summed E-state index contributed by atoms with van der Waals surface area (Å²) in [6, 6.07) is 3.57. The first-order valence-electron chi connectivity index (χ1n) is 8.42. The molecule has 4 nitrogen and oxygen atoms in total. The van der Waals surface area contributed by atoms with E-state index in [4.69, 9.17) is 0 Å². The number of carbonyl (C=O) groups excluding carboxylic acids is 2. The van der Waals surface area contributed by atoms with Gasteiger partial charge >= 0.3 is 0 Å². The molecule has 1 aromatic carbocycles. The largest absolute Gasteiger partial charge is 0.352 e. The number of likely N-dealkylation sites (tertiary alicyclic amines) is 1. The summed E-state index contributed by atoms with van der Waals surface area (Å²) in [7, 11) is 0. The highest BCUT2D eigenvalue weighted by molar-refractivity contribution is 5.93. The molecule has 0 bridgehead atoms. The van der Waals surface area contributed by atoms with E-state index in [1.807, 2.05) is 0 Å². The van der Waals surface area contributed by atoms with Gasteiger partial charge in [0.2, 0.25) is 5.91 Å². The van der Waals surface area contributed by atoms with Crippen LogP contribution in [0.4, 0.5) is 8.78 Å². The molecular weight excluding hydrogens is 326 g/mol. The molecule has 134 valence electrons. The third-order valence-electron chi connectivity index (χ3n) is 4.29. The van der Waals surface area contributed by atoms with Gasteiger partial charge in [0.05, 0.1) is 0 Å². The number of benzene rings is 1. The Morgan fingerprint density at radius 1 is 1.32 bits per heavy atom. The van der Waals surface area contributed by atoms with Crippen LogP contribution in [0.1, 0.15) is 38.2 Å². The summed E-state index contributed by atoms with van der Waals surface area (Å²) in [5.74, 6) is 3.32. The van der Waals surface area contributed by atoms with Crippen LogP contribution in [0.25, 0.3) is 0 Å². The van der Waals surface area contributed by atoms with Crippen molar-refractivity contribution in [2.24, 2.45) is 5.92 Å². The summed E-state index contributed by atoms with van der Waals surface area (Å²) in [5.41, 5.74) is 0.514. The van der Waals surface area contributed by atoms with Gasteiger partial charge in [0.15, 0.2) is 11.6 Å². The van der Waals surface area contributed by atoms with E-state index in [0.717, 1.165) is 25.0 Å². The van der Waals surface area contributed by atoms with E-state index in [1.54, 1.807) is 11.8 Å². The second-order valence-electron chi connectivity index (χ2n) is 6.20. The Hall–Kier alpha value is -2.42. The van der Waals surface area contributed by atoms with E-state index < -0.39 is 11.6 Å². The van der Waals surface area contributed by atoms with Gasteiger partial charge in [0, 0.05) is 26.1 Å². The van der Waals surface area contributed by atoms with Crippen molar-refractivity contribution in [3.05, 3.63) is 35.4 Å². The third kappa shape index (κ3) is 5.86. The highest BCUT2D eigenvalue weighted by atomic mass is 19.2. The van der Waals surface area contributed by atoms with Crippen molar-refractivity contribution in [1.29, 1.82) is 0 Å². The Morgan fingerprint density at radius 3 is 2.84 bits per heavy atom. The lowest BCUT2D eigenvalue weighted by Crippen LogP contribution is -2.39. The molecule has 1 fully saturated rings. The molecule has 6 heteroatoms. The van der Waals surface area contributed by atoms with E-state index in [9.17, 15) is 18.4 Å². The molecule has 0 aromatic heterocycles. The summed E-state index contributed by atoms with van der Waals surface area (Å²) in [6.45, 7) is 3.14. The van der Waals surface area contributed by atoms with Crippen LogP contribution in [0.15, 0.2) is 18.2 Å². The number of hydrogen-bond acceptors (Lipinski definition) is 2. The highest BCUT2D eigenvalue weighted by Gasteiger charge is 2.23. The SMILES string of the molecule is CC#CC(=O)N1CCCC(CCC(=O)NCc2ccc(F)c(F)c2)C1. The highest BCUT2D eigenvalue weighted by Crippen LogP contribution is 2.21. The van der Waals surface area contributed by atoms with Crippen LogP contribution >= 0.6 is 0 Å². The molecule has 1 N–H and O–H groups in total. The van der Waals surface area contributed by atoms with Crippen molar-refractivity contribution in [2.45, 2.75) is 39.2 Å². The number of nitrogens with zero attached hydrogens (tertiary/aromatic N) is 1. The van der Waals surface area contributed by atoms with Crippen molar-refractivity contribution < 1.29 is 18.4 Å². The third-order valence-corrected chi connectivity index (χ3v) is 4.29. The molecule has 0 aliphatic carbocycles. The lowest BCUT2D eigenvalue weighted by atomic mass is 9.93. The fourth-order valence-electron chi connectivity index (χ4n) is 2.94. The molecule has 1 aromatic rings. The van der Waals surface area contributed by atoms with E-state index in [2.05, 4.69) is 17.2 Å². The molecule has 1 saturated heterocycles. The molecule has 0 radical (unpaired) electrons. The van der Waals surface area contributed by atoms with Crippen LogP contribution < -0.4 is 5.32 Å². The summed E-state index contributed by atoms with van der Waals surface area (Å²) >= 11 is 0. The topological polar surface area (TPSA) is 49.4 Å². The van der Waals surface area contributed by atoms with Gasteiger partial charge in [-0.1, -0.05) is 12.0 Å². The second kappa shape index (κ2) is 9.16. The van der Waals surface area contributed by atoms with E-state index in [1.165, 1.54) is 6.07 Å². The van der Waals surface area contributed by atoms with Crippen LogP contribution in [0.2, 0.25) is 0 Å². The molecule has 1 atom stereocenters. The molecule has 25 heavy (non-hydrogen) atoms. The summed E-state index contributed by atoms with van der Waals surface area (Å²) in [5, 5.41) is 2.71. The minimum absolute atomic E-state index is 0.137. The van der Waals surface area contributed by atoms with Crippen molar-refractivity contribution in [3.63, 3.8) is 0 Å². The normalized spacial score (nSPS) is 16.8. The van der Waals surface area contributed by atoms with Crippen LogP contribution in [-0.2, 0) is 16.1 Å². The molecule has 1 heterocycles. The minimum Gasteiger partial charge on any atom is -0.352 e. The van der Waals surface area contributed by atoms with Crippen LogP contribution in [0.5, 0.6) is 0 Å². The Labute approximate surface area is 146 Å². The van der Waals surface area contributed by atoms with Gasteiger partial charge in [0.25, 0.3) is 5.91 Å². The number of piperidine rings is 1. The summed E-state index contributed by atoms with van der Waals surface area (Å²) in [4.78, 5) is 25.5. The maximum Gasteiger partial charge on any atom is 0.298 e. The Bertz CT molecular complexity index is 694. The first-order valence-corrected chi connectivity index (χ1v) is 8.42. The lowest BCUT2D eigenvalue weighted by Gasteiger charge is -2.31. The second-order valence-corrected chi connectivity index (χ2v) is 6.20. The van der Waals surface area contributed by atoms with Crippen LogP contribution in [-0.4, -0.2) is 29.8 Å². The number of halogens is 2. The molecule has 2 rings (SSSR count). The lowest BCUT2D eigenvalue weighted by molar-refractivity contribution is -0.126. The number of nitrogens with one attached hydrogen (secondary N) is 1. The predicted molar refractivity (Wildman–Crippen MR) is 90.2 cm³/mol. The number of hydrogen-bond donors (Lipinski definition) is 1. The van der Waals surface area contributed by atoms with Gasteiger partial charge in [-0.2, -0.15) is 0 Å². The average molecular weight is 348 g/mol. The van der Waals surface area contributed by atoms with Crippen LogP contribution in [0.3, 0.4) is 0 Å². The zero-order valence-electron chi connectivity index (χ0n) is 14.3. The van der Waals surface area contributed by atoms with Gasteiger partial charge in [-0.15, -0.1) is 0 Å². The van der Waals surface area contributed by atoms with Gasteiger partial charge in [0.1, 0.15) is 0 Å². The summed E-state index contributed by atoms with van der Waals surface area (Å²) < 4.78 is 26.0. The quantitative estimate of drug-likeness (QED) is 0.832. The van der Waals surface area contributed by atoms with E-state index >= 15 is 0 Å². The van der Waals surface area contributed by atoms with E-state index in [0.29, 0.717) is 31.5 Å². The number of amides is 2. The van der Waals surface area contributed by atoms with Crippen molar-refractivity contribution in [1.82, 2.24) is 10.2 Å². The fourth-order valence-corrected chi connectivity index (χ4v) is 2.94. The first-order chi connectivity index (χ1) is 12.0. The van der Waals surface area contributed by atoms with Crippen molar-refractivity contribution in [2.75, 3.05) is 13.1 Å². The van der Waals surface area contributed by atoms with Crippen LogP contribution in [0, 0.1) is 29.4 Å². The molecule has 1 unspecified atom stereocenters. The van der Waals surface area contributed by atoms with Gasteiger partial charge < -0.3 is 10.2 Å².